The zero-order chi connectivity index (χ0) is 37.5. The minimum absolute atomic E-state index is 1.24. The van der Waals surface area contributed by atoms with Gasteiger partial charge in [-0.1, -0.05) is 218 Å². The van der Waals surface area contributed by atoms with Crippen LogP contribution in [0.2, 0.25) is 0 Å². The maximum absolute atomic E-state index is 2.99. The quantitative estimate of drug-likeness (QED) is 0.0906. The molecule has 0 radical (unpaired) electrons. The Labute approximate surface area is 332 Å². The lowest BCUT2D eigenvalue weighted by Crippen LogP contribution is -2.75. The topological polar surface area (TPSA) is 0 Å². The van der Waals surface area contributed by atoms with Crippen LogP contribution in [0.3, 0.4) is 0 Å². The van der Waals surface area contributed by atoms with Gasteiger partial charge in [0.1, 0.15) is 0 Å². The number of benzene rings is 12. The minimum atomic E-state index is -2.99. The molecule has 0 aliphatic heterocycles. The average molecular weight is 737 g/mol. The van der Waals surface area contributed by atoms with E-state index in [1.165, 1.54) is 108 Å². The Hall–Kier alpha value is -7.06. The summed E-state index contributed by atoms with van der Waals surface area (Å²) in [7, 11) is -2.99. The molecule has 0 N–H and O–H groups in total. The Morgan fingerprint density at radius 1 is 0.246 bits per heavy atom. The first kappa shape index (κ1) is 32.2. The van der Waals surface area contributed by atoms with E-state index >= 15 is 0 Å². The second-order valence-corrected chi connectivity index (χ2v) is 19.3. The van der Waals surface area contributed by atoms with Crippen LogP contribution in [0.25, 0.3) is 86.9 Å². The monoisotopic (exact) mass is 736 g/mol. The van der Waals surface area contributed by atoms with Gasteiger partial charge in [0.25, 0.3) is 0 Å². The molecule has 0 unspecified atom stereocenters. The molecule has 0 aliphatic rings. The van der Waals surface area contributed by atoms with E-state index in [9.17, 15) is 0 Å². The summed E-state index contributed by atoms with van der Waals surface area (Å²) >= 11 is 0. The van der Waals surface area contributed by atoms with Gasteiger partial charge in [0.15, 0.2) is 8.07 Å². The predicted octanol–water partition coefficient (Wildman–Crippen LogP) is 12.2. The fourth-order valence-corrected chi connectivity index (χ4v) is 15.2. The third kappa shape index (κ3) is 4.67. The van der Waals surface area contributed by atoms with Crippen LogP contribution in [0.15, 0.2) is 218 Å². The highest BCUT2D eigenvalue weighted by Gasteiger charge is 2.43. The second-order valence-electron chi connectivity index (χ2n) is 15.5. The molecule has 0 fully saturated rings. The molecule has 0 bridgehead atoms. The summed E-state index contributed by atoms with van der Waals surface area (Å²) in [5.41, 5.74) is 5.07. The number of hydrogen-bond donors (Lipinski definition) is 0. The van der Waals surface area contributed by atoms with Crippen LogP contribution in [0.5, 0.6) is 0 Å². The van der Waals surface area contributed by atoms with E-state index in [-0.39, 0.29) is 0 Å². The van der Waals surface area contributed by atoms with Crippen LogP contribution in [0, 0.1) is 0 Å². The third-order valence-electron chi connectivity index (χ3n) is 12.7. The van der Waals surface area contributed by atoms with Gasteiger partial charge in [0.2, 0.25) is 0 Å². The maximum Gasteiger partial charge on any atom is 0.180 e. The Bertz CT molecular complexity index is 3310. The van der Waals surface area contributed by atoms with Gasteiger partial charge in [0.05, 0.1) is 0 Å². The normalized spacial score (nSPS) is 12.2. The van der Waals surface area contributed by atoms with Crippen molar-refractivity contribution >= 4 is 93.5 Å². The Kier molecular flexibility index (Phi) is 7.05. The molecule has 264 valence electrons. The first-order chi connectivity index (χ1) is 28.3. The molecule has 12 rings (SSSR count). The van der Waals surface area contributed by atoms with Crippen molar-refractivity contribution in [2.75, 3.05) is 0 Å². The fourth-order valence-electron chi connectivity index (χ4n) is 10.2. The second kappa shape index (κ2) is 12.5. The van der Waals surface area contributed by atoms with Crippen molar-refractivity contribution in [2.24, 2.45) is 0 Å². The van der Waals surface area contributed by atoms with Crippen LogP contribution in [-0.4, -0.2) is 8.07 Å². The van der Waals surface area contributed by atoms with Crippen molar-refractivity contribution in [2.45, 2.75) is 0 Å². The number of rotatable bonds is 6. The molecule has 1 heteroatoms. The van der Waals surface area contributed by atoms with Gasteiger partial charge in [0, 0.05) is 0 Å². The van der Waals surface area contributed by atoms with Crippen LogP contribution in [0.4, 0.5) is 0 Å². The van der Waals surface area contributed by atoms with Crippen molar-refractivity contribution in [3.8, 4) is 22.3 Å². The lowest BCUT2D eigenvalue weighted by molar-refractivity contribution is 1.63. The zero-order valence-corrected chi connectivity index (χ0v) is 32.3. The number of hydrogen-bond acceptors (Lipinski definition) is 0. The standard InChI is InChI=1S/C56H36Si/c1-4-16-44(17-5-1)57(45-18-6-2-7-19-45,46-20-8-3-9-21-46)52-36-43(47-31-26-41-24-22-37-12-10-14-39-28-34-50(47)55(41)53(37)39)30-33-49(52)48-32-27-42-25-23-38-13-11-15-40-29-35-51(48)56(42)54(38)40/h1-36H. The molecular formula is C56H36Si. The summed E-state index contributed by atoms with van der Waals surface area (Å²) in [5, 5.41) is 21.2. The van der Waals surface area contributed by atoms with Crippen molar-refractivity contribution in [3.05, 3.63) is 218 Å². The van der Waals surface area contributed by atoms with Gasteiger partial charge in [-0.15, -0.1) is 0 Å². The largest absolute Gasteiger partial charge is 0.180 e. The summed E-state index contributed by atoms with van der Waals surface area (Å²) in [4.78, 5) is 0. The van der Waals surface area contributed by atoms with Gasteiger partial charge in [-0.2, -0.15) is 0 Å². The maximum atomic E-state index is 2.58. The molecule has 12 aromatic rings. The molecule has 0 atom stereocenters. The summed E-state index contributed by atoms with van der Waals surface area (Å²) in [5.74, 6) is 0. The van der Waals surface area contributed by atoms with E-state index in [1.807, 2.05) is 0 Å². The van der Waals surface area contributed by atoms with Crippen LogP contribution in [0.1, 0.15) is 0 Å². The van der Waals surface area contributed by atoms with Crippen LogP contribution in [-0.2, 0) is 0 Å². The predicted molar refractivity (Wildman–Crippen MR) is 248 cm³/mol. The van der Waals surface area contributed by atoms with Crippen LogP contribution < -0.4 is 20.7 Å². The van der Waals surface area contributed by atoms with Gasteiger partial charge in [-0.3, -0.25) is 0 Å². The highest BCUT2D eigenvalue weighted by atomic mass is 28.3. The van der Waals surface area contributed by atoms with E-state index in [0.29, 0.717) is 0 Å². The molecular weight excluding hydrogens is 701 g/mol. The molecule has 0 aromatic heterocycles. The molecule has 0 nitrogen and oxygen atoms in total. The molecule has 0 aliphatic carbocycles. The highest BCUT2D eigenvalue weighted by molar-refractivity contribution is 7.20. The van der Waals surface area contributed by atoms with Crippen LogP contribution >= 0.6 is 0 Å². The fraction of sp³-hybridized carbons (Fsp3) is 0. The van der Waals surface area contributed by atoms with Gasteiger partial charge >= 0.3 is 0 Å². The molecule has 57 heavy (non-hydrogen) atoms. The first-order valence-corrected chi connectivity index (χ1v) is 21.9. The third-order valence-corrected chi connectivity index (χ3v) is 17.5. The molecule has 12 aromatic carbocycles. The molecule has 0 amide bonds. The minimum Gasteiger partial charge on any atom is -0.0623 e. The van der Waals surface area contributed by atoms with Gasteiger partial charge < -0.3 is 0 Å². The Morgan fingerprint density at radius 3 is 1.09 bits per heavy atom. The van der Waals surface area contributed by atoms with E-state index in [1.54, 1.807) is 0 Å². The van der Waals surface area contributed by atoms with E-state index in [4.69, 9.17) is 0 Å². The molecule has 0 spiro atoms. The average Bonchev–Trinajstić information content (AvgIpc) is 3.29. The smallest absolute Gasteiger partial charge is 0.0623 e. The summed E-state index contributed by atoms with van der Waals surface area (Å²) < 4.78 is 0. The SMILES string of the molecule is c1ccc([Si](c2ccccc2)(c2ccccc2)c2cc(-c3ccc4ccc5cccc6ccc3c4c56)ccc2-c2ccc3ccc4cccc5ccc2c3c45)cc1. The molecule has 0 saturated heterocycles. The lowest BCUT2D eigenvalue weighted by Gasteiger charge is -2.36. The van der Waals surface area contributed by atoms with Gasteiger partial charge in [-0.25, -0.2) is 0 Å². The van der Waals surface area contributed by atoms with Gasteiger partial charge in [-0.05, 0) is 108 Å². The zero-order valence-electron chi connectivity index (χ0n) is 31.3. The first-order valence-electron chi connectivity index (χ1n) is 19.9. The van der Waals surface area contributed by atoms with E-state index in [0.717, 1.165) is 0 Å². The van der Waals surface area contributed by atoms with Crippen molar-refractivity contribution in [3.63, 3.8) is 0 Å². The Balaban J connectivity index is 1.24. The van der Waals surface area contributed by atoms with Crippen molar-refractivity contribution in [1.82, 2.24) is 0 Å². The molecule has 0 heterocycles. The Morgan fingerprint density at radius 2 is 0.614 bits per heavy atom. The molecule has 0 saturated carbocycles. The summed E-state index contributed by atoms with van der Waals surface area (Å²) in [6.45, 7) is 0. The van der Waals surface area contributed by atoms with Crippen molar-refractivity contribution in [1.29, 1.82) is 0 Å². The van der Waals surface area contributed by atoms with Crippen molar-refractivity contribution < 1.29 is 0 Å². The summed E-state index contributed by atoms with van der Waals surface area (Å²) in [6.07, 6.45) is 0. The van der Waals surface area contributed by atoms with E-state index < -0.39 is 8.07 Å². The lowest BCUT2D eigenvalue weighted by atomic mass is 9.88. The summed E-state index contributed by atoms with van der Waals surface area (Å²) in [6, 6.07) is 82.8. The van der Waals surface area contributed by atoms with E-state index in [2.05, 4.69) is 218 Å². The highest BCUT2D eigenvalue weighted by Crippen LogP contribution is 2.42.